The molecule has 1 aliphatic heterocycles. The van der Waals surface area contributed by atoms with E-state index >= 15 is 0 Å². The van der Waals surface area contributed by atoms with Gasteiger partial charge >= 0.3 is 12.4 Å². The second-order valence-electron chi connectivity index (χ2n) is 7.57. The molecule has 12 heteroatoms. The van der Waals surface area contributed by atoms with Crippen molar-refractivity contribution in [2.45, 2.75) is 39.2 Å². The molecule has 0 saturated carbocycles. The SMILES string of the molecule is CC(C)(C)ON(C=O)CCNNC(=O)[N+](C=O)(ON1C(=O)CCC1=O)c1ccccc1. The van der Waals surface area contributed by atoms with Crippen LogP contribution in [0.1, 0.15) is 33.6 Å². The number of rotatable bonds is 10. The van der Waals surface area contributed by atoms with Crippen LogP contribution in [0.3, 0.4) is 0 Å². The number of carbonyl (C=O) groups is 5. The van der Waals surface area contributed by atoms with E-state index in [0.717, 1.165) is 5.06 Å². The van der Waals surface area contributed by atoms with E-state index in [-0.39, 0.29) is 38.0 Å². The van der Waals surface area contributed by atoms with Crippen molar-refractivity contribution in [2.75, 3.05) is 13.1 Å². The number of quaternary nitrogens is 1. The normalized spacial score (nSPS) is 16.0. The molecular formula is C19H26N5O7+. The molecule has 1 fully saturated rings. The third kappa shape index (κ3) is 6.15. The van der Waals surface area contributed by atoms with Crippen molar-refractivity contribution < 1.29 is 33.7 Å². The standard InChI is InChI=1S/C19H25N5O7/c1-19(2,3)30-22(13-25)12-11-20-21-18(29)24(14-26,15-7-5-4-6-8-15)31-23-16(27)9-10-17(23)28/h4-8,13-14,20H,9-12H2,1-3H3/p+1. The van der Waals surface area contributed by atoms with Gasteiger partial charge in [0.15, 0.2) is 5.69 Å². The minimum Gasteiger partial charge on any atom is -0.276 e. The van der Waals surface area contributed by atoms with Gasteiger partial charge in [0.05, 0.1) is 12.1 Å². The van der Waals surface area contributed by atoms with Gasteiger partial charge in [-0.05, 0) is 25.7 Å². The third-order valence-electron chi connectivity index (χ3n) is 3.97. The Balaban J connectivity index is 2.12. The Morgan fingerprint density at radius 3 is 2.29 bits per heavy atom. The highest BCUT2D eigenvalue weighted by Crippen LogP contribution is 2.25. The number of amides is 6. The van der Waals surface area contributed by atoms with E-state index < -0.39 is 28.1 Å². The predicted octanol–water partition coefficient (Wildman–Crippen LogP) is 0.549. The number of nitrogens with one attached hydrogen (secondary N) is 2. The fourth-order valence-corrected chi connectivity index (χ4v) is 2.61. The van der Waals surface area contributed by atoms with Crippen LogP contribution in [0.2, 0.25) is 0 Å². The van der Waals surface area contributed by atoms with E-state index in [1.165, 1.54) is 12.1 Å². The van der Waals surface area contributed by atoms with Crippen LogP contribution < -0.4 is 15.5 Å². The third-order valence-corrected chi connectivity index (χ3v) is 3.97. The summed E-state index contributed by atoms with van der Waals surface area (Å²) in [6.07, 6.45) is 0.493. The second-order valence-corrected chi connectivity index (χ2v) is 7.57. The highest BCUT2D eigenvalue weighted by molar-refractivity contribution is 6.02. The van der Waals surface area contributed by atoms with Gasteiger partial charge in [0.25, 0.3) is 11.8 Å². The summed E-state index contributed by atoms with van der Waals surface area (Å²) in [6, 6.07) is 6.65. The number of hydroxylamine groups is 6. The Morgan fingerprint density at radius 1 is 1.16 bits per heavy atom. The highest BCUT2D eigenvalue weighted by Gasteiger charge is 2.49. The maximum absolute atomic E-state index is 12.9. The molecule has 2 N–H and O–H groups in total. The summed E-state index contributed by atoms with van der Waals surface area (Å²) in [5.41, 5.74) is 4.34. The average molecular weight is 436 g/mol. The van der Waals surface area contributed by atoms with Crippen LogP contribution >= 0.6 is 0 Å². The number of para-hydroxylation sites is 1. The number of carbonyl (C=O) groups excluding carboxylic acids is 5. The lowest BCUT2D eigenvalue weighted by Crippen LogP contribution is -2.63. The van der Waals surface area contributed by atoms with Crippen molar-refractivity contribution in [3.63, 3.8) is 0 Å². The zero-order chi connectivity index (χ0) is 23.1. The first kappa shape index (κ1) is 24.1. The van der Waals surface area contributed by atoms with Crippen molar-refractivity contribution in [3.05, 3.63) is 30.3 Å². The summed E-state index contributed by atoms with van der Waals surface area (Å²) in [4.78, 5) is 70.8. The lowest BCUT2D eigenvalue weighted by Gasteiger charge is -2.28. The zero-order valence-electron chi connectivity index (χ0n) is 17.6. The first-order valence-electron chi connectivity index (χ1n) is 9.53. The molecule has 1 atom stereocenters. The van der Waals surface area contributed by atoms with Gasteiger partial charge in [-0.25, -0.2) is 25.5 Å². The average Bonchev–Trinajstić information content (AvgIpc) is 3.05. The van der Waals surface area contributed by atoms with Gasteiger partial charge in [-0.2, -0.15) is 0 Å². The van der Waals surface area contributed by atoms with Crippen molar-refractivity contribution in [2.24, 2.45) is 0 Å². The molecular weight excluding hydrogens is 410 g/mol. The summed E-state index contributed by atoms with van der Waals surface area (Å²) in [5, 5.41) is 1.47. The molecule has 0 spiro atoms. The molecule has 0 aromatic heterocycles. The van der Waals surface area contributed by atoms with Gasteiger partial charge in [0.2, 0.25) is 6.41 Å². The van der Waals surface area contributed by atoms with E-state index in [0.29, 0.717) is 11.5 Å². The summed E-state index contributed by atoms with van der Waals surface area (Å²) < 4.78 is -1.44. The van der Waals surface area contributed by atoms with Crippen LogP contribution in [-0.2, 0) is 29.0 Å². The number of nitrogens with zero attached hydrogens (tertiary/aromatic N) is 3. The van der Waals surface area contributed by atoms with E-state index in [4.69, 9.17) is 9.78 Å². The van der Waals surface area contributed by atoms with Crippen molar-refractivity contribution in [1.82, 2.24) is 25.6 Å². The Morgan fingerprint density at radius 2 is 1.77 bits per heavy atom. The first-order valence-corrected chi connectivity index (χ1v) is 9.53. The minimum absolute atomic E-state index is 0.0647. The molecule has 1 heterocycles. The molecule has 6 amide bonds. The molecule has 1 aromatic rings. The summed E-state index contributed by atoms with van der Waals surface area (Å²) in [5.74, 6) is -1.32. The molecule has 0 bridgehead atoms. The van der Waals surface area contributed by atoms with Crippen molar-refractivity contribution in [1.29, 1.82) is 0 Å². The predicted molar refractivity (Wildman–Crippen MR) is 107 cm³/mol. The molecule has 0 radical (unpaired) electrons. The molecule has 0 aliphatic carbocycles. The molecule has 1 aromatic carbocycles. The Hall–Kier alpha value is -3.19. The quantitative estimate of drug-likeness (QED) is 0.179. The van der Waals surface area contributed by atoms with Crippen LogP contribution in [0.4, 0.5) is 10.5 Å². The zero-order valence-corrected chi connectivity index (χ0v) is 17.6. The number of benzene rings is 1. The van der Waals surface area contributed by atoms with Crippen LogP contribution in [0.5, 0.6) is 0 Å². The smallest absolute Gasteiger partial charge is 0.276 e. The highest BCUT2D eigenvalue weighted by atomic mass is 16.9. The number of hydrogen-bond donors (Lipinski definition) is 2. The molecule has 168 valence electrons. The molecule has 12 nitrogen and oxygen atoms in total. The van der Waals surface area contributed by atoms with Crippen LogP contribution in [0.15, 0.2) is 30.3 Å². The summed E-state index contributed by atoms with van der Waals surface area (Å²) >= 11 is 0. The van der Waals surface area contributed by atoms with Crippen LogP contribution in [-0.4, -0.2) is 59.5 Å². The topological polar surface area (TPSA) is 134 Å². The lowest BCUT2D eigenvalue weighted by molar-refractivity contribution is -0.251. The van der Waals surface area contributed by atoms with Crippen molar-refractivity contribution >= 4 is 36.4 Å². The Bertz CT molecular complexity index is 811. The maximum atomic E-state index is 12.9. The van der Waals surface area contributed by atoms with E-state index in [2.05, 4.69) is 10.9 Å². The second kappa shape index (κ2) is 10.2. The number of hydrogen-bond acceptors (Lipinski definition) is 8. The van der Waals surface area contributed by atoms with Crippen molar-refractivity contribution in [3.8, 4) is 0 Å². The molecule has 2 rings (SSSR count). The fraction of sp³-hybridized carbons (Fsp3) is 0.421. The minimum atomic E-state index is -1.44. The number of hydrazine groups is 1. The number of urea groups is 1. The van der Waals surface area contributed by atoms with Crippen LogP contribution in [0, 0.1) is 0 Å². The Kier molecular flexibility index (Phi) is 7.94. The lowest BCUT2D eigenvalue weighted by atomic mass is 10.2. The van der Waals surface area contributed by atoms with Gasteiger partial charge in [0, 0.05) is 36.2 Å². The maximum Gasteiger partial charge on any atom is 0.478 e. The summed E-state index contributed by atoms with van der Waals surface area (Å²) in [7, 11) is 0. The summed E-state index contributed by atoms with van der Waals surface area (Å²) in [6.45, 7) is 5.46. The van der Waals surface area contributed by atoms with E-state index in [1.807, 2.05) is 0 Å². The van der Waals surface area contributed by atoms with Gasteiger partial charge in [-0.15, -0.1) is 0 Å². The Labute approximate surface area is 179 Å². The van der Waals surface area contributed by atoms with E-state index in [9.17, 15) is 24.0 Å². The van der Waals surface area contributed by atoms with Gasteiger partial charge in [-0.3, -0.25) is 19.2 Å². The van der Waals surface area contributed by atoms with Gasteiger partial charge < -0.3 is 0 Å². The van der Waals surface area contributed by atoms with Gasteiger partial charge in [-0.1, -0.05) is 23.3 Å². The van der Waals surface area contributed by atoms with E-state index in [1.54, 1.807) is 39.0 Å². The monoisotopic (exact) mass is 436 g/mol. The van der Waals surface area contributed by atoms with Crippen LogP contribution in [0.25, 0.3) is 0 Å². The molecule has 31 heavy (non-hydrogen) atoms. The first-order chi connectivity index (χ1) is 14.6. The molecule has 1 saturated heterocycles. The van der Waals surface area contributed by atoms with Gasteiger partial charge in [0.1, 0.15) is 0 Å². The largest absolute Gasteiger partial charge is 0.478 e. The number of imide groups is 2. The molecule has 1 aliphatic rings. The molecule has 1 unspecified atom stereocenters. The fourth-order valence-electron chi connectivity index (χ4n) is 2.61.